The molecule has 0 N–H and O–H groups in total. The third kappa shape index (κ3) is 4.75. The fourth-order valence-corrected chi connectivity index (χ4v) is 3.33. The van der Waals surface area contributed by atoms with Gasteiger partial charge < -0.3 is 0 Å². The van der Waals surface area contributed by atoms with Gasteiger partial charge in [-0.05, 0) is 24.3 Å². The van der Waals surface area contributed by atoms with Crippen molar-refractivity contribution in [1.82, 2.24) is 9.97 Å². The van der Waals surface area contributed by atoms with Crippen molar-refractivity contribution in [2.24, 2.45) is 5.10 Å². The molecule has 0 amide bonds. The molecule has 0 aliphatic heterocycles. The fraction of sp³-hybridized carbons (Fsp3) is 0.0417. The van der Waals surface area contributed by atoms with Gasteiger partial charge in [0.05, 0.1) is 17.6 Å². The van der Waals surface area contributed by atoms with Crippen molar-refractivity contribution in [3.05, 3.63) is 100.0 Å². The molecule has 0 atom stereocenters. The van der Waals surface area contributed by atoms with Crippen LogP contribution in [0.5, 0.6) is 0 Å². The molecule has 0 aliphatic carbocycles. The van der Waals surface area contributed by atoms with Crippen LogP contribution >= 0.6 is 27.5 Å². The number of rotatable bonds is 5. The second-order valence-corrected chi connectivity index (χ2v) is 7.92. The van der Waals surface area contributed by atoms with Crippen LogP contribution in [0.25, 0.3) is 22.5 Å². The number of nitrogens with zero attached hydrogens (tertiary/aromatic N) is 4. The molecule has 4 rings (SSSR count). The van der Waals surface area contributed by atoms with Gasteiger partial charge in [0.25, 0.3) is 0 Å². The number of hydrazone groups is 1. The van der Waals surface area contributed by atoms with Crippen LogP contribution in [0.4, 0.5) is 5.95 Å². The Kier molecular flexibility index (Phi) is 6.21. The summed E-state index contributed by atoms with van der Waals surface area (Å²) in [5, 5.41) is 6.79. The van der Waals surface area contributed by atoms with Crippen LogP contribution in [0, 0.1) is 0 Å². The second-order valence-electron chi connectivity index (χ2n) is 6.60. The minimum absolute atomic E-state index is 0.498. The van der Waals surface area contributed by atoms with E-state index in [0.29, 0.717) is 11.0 Å². The van der Waals surface area contributed by atoms with Crippen molar-refractivity contribution >= 4 is 39.7 Å². The highest BCUT2D eigenvalue weighted by molar-refractivity contribution is 9.10. The molecule has 0 spiro atoms. The van der Waals surface area contributed by atoms with E-state index in [9.17, 15) is 0 Å². The zero-order valence-electron chi connectivity index (χ0n) is 16.2. The second kappa shape index (κ2) is 9.20. The highest BCUT2D eigenvalue weighted by Gasteiger charge is 2.11. The van der Waals surface area contributed by atoms with Gasteiger partial charge in [-0.2, -0.15) is 5.10 Å². The van der Waals surface area contributed by atoms with Gasteiger partial charge in [-0.15, -0.1) is 0 Å². The number of anilines is 1. The van der Waals surface area contributed by atoms with Crippen molar-refractivity contribution in [2.45, 2.75) is 0 Å². The Labute approximate surface area is 189 Å². The van der Waals surface area contributed by atoms with Crippen molar-refractivity contribution in [3.8, 4) is 22.5 Å². The summed E-state index contributed by atoms with van der Waals surface area (Å²) in [4.78, 5) is 9.49. The number of aromatic nitrogens is 2. The number of halogens is 2. The van der Waals surface area contributed by atoms with Crippen LogP contribution < -0.4 is 5.01 Å². The predicted molar refractivity (Wildman–Crippen MR) is 128 cm³/mol. The summed E-state index contributed by atoms with van der Waals surface area (Å²) < 4.78 is 1.02. The molecule has 4 nitrogen and oxygen atoms in total. The average molecular weight is 478 g/mol. The van der Waals surface area contributed by atoms with Gasteiger partial charge in [-0.25, -0.2) is 15.0 Å². The van der Waals surface area contributed by atoms with Crippen molar-refractivity contribution < 1.29 is 0 Å². The molecule has 0 bridgehead atoms. The highest BCUT2D eigenvalue weighted by Crippen LogP contribution is 2.27. The average Bonchev–Trinajstić information content (AvgIpc) is 2.79. The Bertz CT molecular complexity index is 1180. The maximum Gasteiger partial charge on any atom is 0.247 e. The van der Waals surface area contributed by atoms with Gasteiger partial charge in [0.1, 0.15) is 0 Å². The summed E-state index contributed by atoms with van der Waals surface area (Å²) in [6.45, 7) is 0. The number of benzene rings is 3. The lowest BCUT2D eigenvalue weighted by Gasteiger charge is -2.14. The van der Waals surface area contributed by atoms with Crippen LogP contribution in [-0.2, 0) is 0 Å². The van der Waals surface area contributed by atoms with Crippen LogP contribution in [0.2, 0.25) is 5.02 Å². The molecule has 1 aromatic heterocycles. The summed E-state index contributed by atoms with van der Waals surface area (Å²) in [6, 6.07) is 27.6. The van der Waals surface area contributed by atoms with E-state index in [1.807, 2.05) is 92.0 Å². The molecule has 30 heavy (non-hydrogen) atoms. The Balaban J connectivity index is 1.75. The van der Waals surface area contributed by atoms with Gasteiger partial charge in [0.2, 0.25) is 5.95 Å². The molecule has 148 valence electrons. The first kappa shape index (κ1) is 20.3. The van der Waals surface area contributed by atoms with E-state index in [0.717, 1.165) is 32.6 Å². The SMILES string of the molecule is CN(N=Cc1ccccc1Cl)c1nc(-c2ccccc2)cc(-c2ccc(Br)cc2)n1. The summed E-state index contributed by atoms with van der Waals surface area (Å²) in [6.07, 6.45) is 1.71. The lowest BCUT2D eigenvalue weighted by Crippen LogP contribution is -2.13. The summed E-state index contributed by atoms with van der Waals surface area (Å²) in [7, 11) is 1.82. The molecule has 3 aromatic carbocycles. The van der Waals surface area contributed by atoms with Crippen LogP contribution in [0.3, 0.4) is 0 Å². The van der Waals surface area contributed by atoms with Gasteiger partial charge in [0.15, 0.2) is 0 Å². The van der Waals surface area contributed by atoms with Gasteiger partial charge in [-0.1, -0.05) is 88.2 Å². The van der Waals surface area contributed by atoms with E-state index in [-0.39, 0.29) is 0 Å². The molecule has 0 saturated carbocycles. The quantitative estimate of drug-likeness (QED) is 0.237. The van der Waals surface area contributed by atoms with E-state index < -0.39 is 0 Å². The smallest absolute Gasteiger partial charge is 0.235 e. The Hall–Kier alpha value is -3.02. The maximum absolute atomic E-state index is 6.23. The van der Waals surface area contributed by atoms with Crippen LogP contribution in [0.1, 0.15) is 5.56 Å². The van der Waals surface area contributed by atoms with E-state index in [2.05, 4.69) is 21.0 Å². The molecule has 1 heterocycles. The van der Waals surface area contributed by atoms with Crippen LogP contribution in [0.15, 0.2) is 94.5 Å². The monoisotopic (exact) mass is 476 g/mol. The minimum Gasteiger partial charge on any atom is -0.235 e. The maximum atomic E-state index is 6.23. The zero-order valence-corrected chi connectivity index (χ0v) is 18.5. The molecule has 0 fully saturated rings. The zero-order chi connectivity index (χ0) is 20.9. The third-order valence-electron chi connectivity index (χ3n) is 4.49. The van der Waals surface area contributed by atoms with E-state index >= 15 is 0 Å². The van der Waals surface area contributed by atoms with E-state index in [4.69, 9.17) is 21.6 Å². The molecule has 0 radical (unpaired) electrons. The van der Waals surface area contributed by atoms with Crippen molar-refractivity contribution in [2.75, 3.05) is 12.1 Å². The first-order valence-corrected chi connectivity index (χ1v) is 10.5. The first-order valence-electron chi connectivity index (χ1n) is 9.33. The lowest BCUT2D eigenvalue weighted by atomic mass is 10.1. The topological polar surface area (TPSA) is 41.4 Å². The molecule has 0 saturated heterocycles. The molecule has 6 heteroatoms. The van der Waals surface area contributed by atoms with Gasteiger partial charge in [-0.3, -0.25) is 0 Å². The summed E-state index contributed by atoms with van der Waals surface area (Å²) in [5.74, 6) is 0.498. The number of hydrogen-bond acceptors (Lipinski definition) is 4. The summed E-state index contributed by atoms with van der Waals surface area (Å²) >= 11 is 9.72. The minimum atomic E-state index is 0.498. The lowest BCUT2D eigenvalue weighted by molar-refractivity contribution is 0.938. The Morgan fingerprint density at radius 1 is 0.833 bits per heavy atom. The van der Waals surface area contributed by atoms with Gasteiger partial charge in [0, 0.05) is 33.2 Å². The Morgan fingerprint density at radius 2 is 1.43 bits per heavy atom. The molecule has 0 unspecified atom stereocenters. The Morgan fingerprint density at radius 3 is 2.10 bits per heavy atom. The normalized spacial score (nSPS) is 11.0. The first-order chi connectivity index (χ1) is 14.6. The van der Waals surface area contributed by atoms with Crippen molar-refractivity contribution in [3.63, 3.8) is 0 Å². The van der Waals surface area contributed by atoms with Crippen LogP contribution in [-0.4, -0.2) is 23.2 Å². The highest BCUT2D eigenvalue weighted by atomic mass is 79.9. The summed E-state index contributed by atoms with van der Waals surface area (Å²) in [5.41, 5.74) is 4.51. The van der Waals surface area contributed by atoms with Crippen molar-refractivity contribution in [1.29, 1.82) is 0 Å². The number of hydrogen-bond donors (Lipinski definition) is 0. The van der Waals surface area contributed by atoms with Gasteiger partial charge >= 0.3 is 0 Å². The third-order valence-corrected chi connectivity index (χ3v) is 5.36. The molecule has 0 aliphatic rings. The molecular weight excluding hydrogens is 460 g/mol. The molecule has 4 aromatic rings. The van der Waals surface area contributed by atoms with E-state index in [1.54, 1.807) is 11.2 Å². The van der Waals surface area contributed by atoms with E-state index in [1.165, 1.54) is 0 Å². The standard InChI is InChI=1S/C24H18BrClN4/c1-30(27-16-19-9-5-6-10-21(19)26)24-28-22(17-7-3-2-4-8-17)15-23(29-24)18-11-13-20(25)14-12-18/h2-16H,1H3. The largest absolute Gasteiger partial charge is 0.247 e. The molecular formula is C24H18BrClN4. The predicted octanol–water partition coefficient (Wildman–Crippen LogP) is 6.70. The fourth-order valence-electron chi connectivity index (χ4n) is 2.88.